The number of benzene rings is 2. The van der Waals surface area contributed by atoms with E-state index in [0.717, 1.165) is 16.6 Å². The molecular formula is C20H25N3OSi. The summed E-state index contributed by atoms with van der Waals surface area (Å²) in [6.07, 6.45) is 3.74. The van der Waals surface area contributed by atoms with Crippen LogP contribution in [0.3, 0.4) is 0 Å². The predicted octanol–water partition coefficient (Wildman–Crippen LogP) is 4.59. The van der Waals surface area contributed by atoms with Crippen LogP contribution in [0.2, 0.25) is 19.6 Å². The summed E-state index contributed by atoms with van der Waals surface area (Å²) in [6.45, 7) is 7.24. The lowest BCUT2D eigenvalue weighted by Crippen LogP contribution is -2.29. The molecule has 3 aromatic rings. The first-order valence-electron chi connectivity index (χ1n) is 8.57. The van der Waals surface area contributed by atoms with E-state index in [0.29, 0.717) is 6.54 Å². The lowest BCUT2D eigenvalue weighted by Gasteiger charge is -2.25. The zero-order chi connectivity index (χ0) is 17.9. The summed E-state index contributed by atoms with van der Waals surface area (Å²) in [6, 6.07) is 16.5. The maximum atomic E-state index is 6.36. The maximum absolute atomic E-state index is 6.36. The Morgan fingerprint density at radius 3 is 2.60 bits per heavy atom. The average molecular weight is 352 g/mol. The highest BCUT2D eigenvalue weighted by molar-refractivity contribution is 6.69. The van der Waals surface area contributed by atoms with Crippen LogP contribution in [0.25, 0.3) is 11.0 Å². The molecule has 1 unspecified atom stereocenters. The van der Waals surface area contributed by atoms with E-state index in [1.54, 1.807) is 0 Å². The van der Waals surface area contributed by atoms with Gasteiger partial charge in [-0.25, -0.2) is 4.98 Å². The minimum atomic E-state index is -1.66. The normalized spacial score (nSPS) is 13.6. The van der Waals surface area contributed by atoms with Crippen molar-refractivity contribution in [3.63, 3.8) is 0 Å². The monoisotopic (exact) mass is 351 g/mol. The molecule has 0 N–H and O–H groups in total. The molecule has 3 rings (SSSR count). The third-order valence-corrected chi connectivity index (χ3v) is 4.95. The summed E-state index contributed by atoms with van der Waals surface area (Å²) in [5, 5.41) is 0. The second-order valence-electron chi connectivity index (χ2n) is 7.19. The molecule has 0 aliphatic carbocycles. The van der Waals surface area contributed by atoms with E-state index >= 15 is 0 Å². The lowest BCUT2D eigenvalue weighted by atomic mass is 10.1. The summed E-state index contributed by atoms with van der Waals surface area (Å²) < 4.78 is 8.38. The van der Waals surface area contributed by atoms with Gasteiger partial charge in [0.15, 0.2) is 8.32 Å². The summed E-state index contributed by atoms with van der Waals surface area (Å²) in [7, 11) is 0.341. The zero-order valence-corrected chi connectivity index (χ0v) is 16.3. The second kappa shape index (κ2) is 7.33. The molecule has 0 fully saturated rings. The van der Waals surface area contributed by atoms with E-state index in [1.807, 2.05) is 48.4 Å². The Morgan fingerprint density at radius 1 is 1.12 bits per heavy atom. The molecule has 0 amide bonds. The van der Waals surface area contributed by atoms with Crippen molar-refractivity contribution in [2.75, 3.05) is 6.54 Å². The first-order chi connectivity index (χ1) is 11.9. The van der Waals surface area contributed by atoms with Gasteiger partial charge in [0.25, 0.3) is 0 Å². The van der Waals surface area contributed by atoms with Crippen molar-refractivity contribution in [2.24, 2.45) is 12.0 Å². The van der Waals surface area contributed by atoms with Gasteiger partial charge in [-0.05, 0) is 31.3 Å². The van der Waals surface area contributed by atoms with Crippen molar-refractivity contribution >= 4 is 25.6 Å². The number of fused-ring (bicyclic) bond motifs is 1. The molecule has 0 saturated carbocycles. The van der Waals surface area contributed by atoms with E-state index in [1.165, 1.54) is 5.56 Å². The van der Waals surface area contributed by atoms with Crippen molar-refractivity contribution in [2.45, 2.75) is 25.7 Å². The maximum Gasteiger partial charge on any atom is 0.184 e. The highest BCUT2D eigenvalue weighted by atomic mass is 28.4. The van der Waals surface area contributed by atoms with Gasteiger partial charge in [-0.3, -0.25) is 4.99 Å². The number of hydrogen-bond donors (Lipinski definition) is 0. The van der Waals surface area contributed by atoms with Gasteiger partial charge < -0.3 is 8.99 Å². The van der Waals surface area contributed by atoms with Gasteiger partial charge in [0.1, 0.15) is 0 Å². The van der Waals surface area contributed by atoms with Gasteiger partial charge in [-0.2, -0.15) is 0 Å². The number of nitrogens with zero attached hydrogens (tertiary/aromatic N) is 3. The topological polar surface area (TPSA) is 39.4 Å². The van der Waals surface area contributed by atoms with Gasteiger partial charge in [0.2, 0.25) is 0 Å². The van der Waals surface area contributed by atoms with Crippen LogP contribution in [-0.4, -0.2) is 30.6 Å². The van der Waals surface area contributed by atoms with E-state index in [2.05, 4.69) is 53.9 Å². The molecule has 2 aromatic carbocycles. The number of aliphatic imine (C=N–C) groups is 1. The molecule has 1 atom stereocenters. The highest BCUT2D eigenvalue weighted by Crippen LogP contribution is 2.23. The highest BCUT2D eigenvalue weighted by Gasteiger charge is 2.22. The first kappa shape index (κ1) is 17.6. The molecule has 0 saturated heterocycles. The molecule has 0 aliphatic rings. The molecule has 0 bridgehead atoms. The summed E-state index contributed by atoms with van der Waals surface area (Å²) in [5.74, 6) is 0. The Morgan fingerprint density at radius 2 is 1.88 bits per heavy atom. The average Bonchev–Trinajstić information content (AvgIpc) is 2.96. The van der Waals surface area contributed by atoms with E-state index in [9.17, 15) is 0 Å². The largest absolute Gasteiger partial charge is 0.409 e. The molecule has 130 valence electrons. The molecule has 5 heteroatoms. The molecule has 1 heterocycles. The molecule has 1 aromatic heterocycles. The molecule has 4 nitrogen and oxygen atoms in total. The molecule has 0 aliphatic heterocycles. The van der Waals surface area contributed by atoms with E-state index < -0.39 is 8.32 Å². The van der Waals surface area contributed by atoms with Crippen molar-refractivity contribution in [1.82, 2.24) is 9.55 Å². The van der Waals surface area contributed by atoms with Crippen LogP contribution in [0.15, 0.2) is 59.9 Å². The Labute approximate surface area is 150 Å². The first-order valence-corrected chi connectivity index (χ1v) is 12.0. The molecule has 0 spiro atoms. The fourth-order valence-corrected chi connectivity index (χ4v) is 3.90. The van der Waals surface area contributed by atoms with Gasteiger partial charge in [0, 0.05) is 18.8 Å². The van der Waals surface area contributed by atoms with Crippen LogP contribution < -0.4 is 0 Å². The number of imidazole rings is 1. The van der Waals surface area contributed by atoms with Crippen LogP contribution >= 0.6 is 0 Å². The summed E-state index contributed by atoms with van der Waals surface area (Å²) >= 11 is 0. The molecule has 0 radical (unpaired) electrons. The lowest BCUT2D eigenvalue weighted by molar-refractivity contribution is 0.207. The number of hydrogen-bond acceptors (Lipinski definition) is 3. The predicted molar refractivity (Wildman–Crippen MR) is 107 cm³/mol. The van der Waals surface area contributed by atoms with Crippen LogP contribution in [0.5, 0.6) is 0 Å². The Hall–Kier alpha value is -2.24. The number of para-hydroxylation sites is 1. The minimum absolute atomic E-state index is 0.00736. The Balaban J connectivity index is 1.81. The molecule has 25 heavy (non-hydrogen) atoms. The smallest absolute Gasteiger partial charge is 0.184 e. The number of aromatic nitrogens is 2. The third-order valence-electron chi connectivity index (χ3n) is 3.95. The number of rotatable bonds is 6. The van der Waals surface area contributed by atoms with Crippen LogP contribution in [0.4, 0.5) is 0 Å². The summed E-state index contributed by atoms with van der Waals surface area (Å²) in [4.78, 5) is 9.17. The van der Waals surface area contributed by atoms with Crippen LogP contribution in [0, 0.1) is 0 Å². The van der Waals surface area contributed by atoms with Crippen molar-refractivity contribution < 1.29 is 4.43 Å². The third kappa shape index (κ3) is 4.44. The van der Waals surface area contributed by atoms with Gasteiger partial charge in [-0.15, -0.1) is 0 Å². The number of aryl methyl sites for hydroxylation is 1. The standard InChI is InChI=1S/C20H25N3OSi/c1-23-15-22-20-17(11-8-12-18(20)23)13-21-14-19(24-25(2,3)4)16-9-6-5-7-10-16/h5-13,15,19H,14H2,1-4H3. The van der Waals surface area contributed by atoms with Crippen LogP contribution in [-0.2, 0) is 11.5 Å². The Kier molecular flexibility index (Phi) is 5.15. The Bertz CT molecular complexity index is 866. The van der Waals surface area contributed by atoms with Crippen molar-refractivity contribution in [1.29, 1.82) is 0 Å². The quantitative estimate of drug-likeness (QED) is 0.481. The zero-order valence-electron chi connectivity index (χ0n) is 15.3. The van der Waals surface area contributed by atoms with Crippen LogP contribution in [0.1, 0.15) is 17.2 Å². The minimum Gasteiger partial charge on any atom is -0.409 e. The van der Waals surface area contributed by atoms with Crippen molar-refractivity contribution in [3.05, 3.63) is 66.0 Å². The van der Waals surface area contributed by atoms with E-state index in [-0.39, 0.29) is 6.10 Å². The van der Waals surface area contributed by atoms with Crippen molar-refractivity contribution in [3.8, 4) is 0 Å². The molecular weight excluding hydrogens is 326 g/mol. The van der Waals surface area contributed by atoms with Gasteiger partial charge in [-0.1, -0.05) is 42.5 Å². The summed E-state index contributed by atoms with van der Waals surface area (Å²) in [5.41, 5.74) is 4.31. The SMILES string of the molecule is Cn1cnc2c(C=NCC(O[Si](C)(C)C)c3ccccc3)cccc21. The second-order valence-corrected chi connectivity index (χ2v) is 11.7. The van der Waals surface area contributed by atoms with Gasteiger partial charge in [0.05, 0.1) is 30.0 Å². The van der Waals surface area contributed by atoms with Gasteiger partial charge >= 0.3 is 0 Å². The fourth-order valence-electron chi connectivity index (χ4n) is 2.84. The van der Waals surface area contributed by atoms with E-state index in [4.69, 9.17) is 4.43 Å². The fraction of sp³-hybridized carbons (Fsp3) is 0.300.